The monoisotopic (exact) mass is 283 g/mol. The molecule has 2 rings (SSSR count). The number of nitrogens with two attached hydrogens (primary N) is 1. The first-order valence-electron chi connectivity index (χ1n) is 5.62. The van der Waals surface area contributed by atoms with Crippen LogP contribution in [0, 0.1) is 0 Å². The van der Waals surface area contributed by atoms with Crippen molar-refractivity contribution in [1.29, 1.82) is 0 Å². The number of piperazine rings is 1. The zero-order chi connectivity index (χ0) is 11.5. The van der Waals surface area contributed by atoms with Gasteiger partial charge in [-0.05, 0) is 35.1 Å². The molecule has 0 amide bonds. The van der Waals surface area contributed by atoms with Crippen molar-refractivity contribution in [1.82, 2.24) is 4.90 Å². The number of nitrogens with zero attached hydrogens (tertiary/aromatic N) is 2. The van der Waals surface area contributed by atoms with Gasteiger partial charge >= 0.3 is 0 Å². The predicted molar refractivity (Wildman–Crippen MR) is 71.8 cm³/mol. The Hall–Kier alpha value is -0.580. The van der Waals surface area contributed by atoms with Crippen LogP contribution in [0.15, 0.2) is 28.7 Å². The van der Waals surface area contributed by atoms with Crippen molar-refractivity contribution < 1.29 is 0 Å². The van der Waals surface area contributed by atoms with Crippen LogP contribution in [0.3, 0.4) is 0 Å². The molecular weight excluding hydrogens is 266 g/mol. The Morgan fingerprint density at radius 2 is 2.12 bits per heavy atom. The molecule has 1 heterocycles. The molecule has 3 nitrogen and oxygen atoms in total. The maximum Gasteiger partial charge on any atom is 0.0511 e. The highest BCUT2D eigenvalue weighted by Crippen LogP contribution is 2.27. The minimum Gasteiger partial charge on any atom is -0.368 e. The van der Waals surface area contributed by atoms with Gasteiger partial charge in [0.1, 0.15) is 0 Å². The largest absolute Gasteiger partial charge is 0.368 e. The summed E-state index contributed by atoms with van der Waals surface area (Å²) in [6, 6.07) is 8.83. The lowest BCUT2D eigenvalue weighted by molar-refractivity contribution is 0.224. The summed E-state index contributed by atoms with van der Waals surface area (Å²) in [6.07, 6.45) is 0. The number of anilines is 1. The molecule has 1 aromatic carbocycles. The van der Waals surface area contributed by atoms with Crippen LogP contribution in [0.2, 0.25) is 0 Å². The van der Waals surface area contributed by atoms with Crippen LogP contribution in [0.25, 0.3) is 0 Å². The van der Waals surface area contributed by atoms with Crippen molar-refractivity contribution in [3.63, 3.8) is 0 Å². The molecule has 1 aliphatic heterocycles. The third kappa shape index (κ3) is 2.39. The standard InChI is InChI=1S/C12H18BrN3/c1-15-6-7-16(9-10(15)8-14)12-5-3-2-4-11(12)13/h2-5,10H,6-9,14H2,1H3. The fraction of sp³-hybridized carbons (Fsp3) is 0.500. The molecule has 16 heavy (non-hydrogen) atoms. The molecule has 4 heteroatoms. The molecule has 0 saturated carbocycles. The van der Waals surface area contributed by atoms with E-state index in [9.17, 15) is 0 Å². The van der Waals surface area contributed by atoms with Gasteiger partial charge in [0.25, 0.3) is 0 Å². The summed E-state index contributed by atoms with van der Waals surface area (Å²) in [6.45, 7) is 3.87. The molecule has 0 spiro atoms. The van der Waals surface area contributed by atoms with E-state index in [0.29, 0.717) is 6.04 Å². The normalized spacial score (nSPS) is 22.4. The zero-order valence-corrected chi connectivity index (χ0v) is 11.2. The number of hydrogen-bond donors (Lipinski definition) is 1. The first-order valence-corrected chi connectivity index (χ1v) is 6.41. The molecule has 1 aliphatic rings. The SMILES string of the molecule is CN1CCN(c2ccccc2Br)CC1CN. The Bertz CT molecular complexity index is 356. The van der Waals surface area contributed by atoms with E-state index in [2.05, 4.69) is 51.0 Å². The zero-order valence-electron chi connectivity index (χ0n) is 9.56. The van der Waals surface area contributed by atoms with Gasteiger partial charge in [0.15, 0.2) is 0 Å². The summed E-state index contributed by atoms with van der Waals surface area (Å²) in [5.41, 5.74) is 7.06. The molecule has 1 aromatic rings. The van der Waals surface area contributed by atoms with E-state index in [4.69, 9.17) is 5.73 Å². The van der Waals surface area contributed by atoms with Gasteiger partial charge in [-0.2, -0.15) is 0 Å². The summed E-state index contributed by atoms with van der Waals surface area (Å²) >= 11 is 3.60. The van der Waals surface area contributed by atoms with Crippen molar-refractivity contribution >= 4 is 21.6 Å². The lowest BCUT2D eigenvalue weighted by Crippen LogP contribution is -2.54. The lowest BCUT2D eigenvalue weighted by Gasteiger charge is -2.40. The van der Waals surface area contributed by atoms with Gasteiger partial charge < -0.3 is 10.6 Å². The third-order valence-electron chi connectivity index (χ3n) is 3.24. The number of likely N-dealkylation sites (N-methyl/N-ethyl adjacent to an activating group) is 1. The third-order valence-corrected chi connectivity index (χ3v) is 3.91. The van der Waals surface area contributed by atoms with Crippen LogP contribution < -0.4 is 10.6 Å². The van der Waals surface area contributed by atoms with Gasteiger partial charge in [-0.15, -0.1) is 0 Å². The van der Waals surface area contributed by atoms with Crippen molar-refractivity contribution in [2.24, 2.45) is 5.73 Å². The van der Waals surface area contributed by atoms with E-state index < -0.39 is 0 Å². The highest BCUT2D eigenvalue weighted by Gasteiger charge is 2.23. The number of rotatable bonds is 2. The summed E-state index contributed by atoms with van der Waals surface area (Å²) in [5, 5.41) is 0. The molecule has 1 unspecified atom stereocenters. The maximum absolute atomic E-state index is 5.79. The van der Waals surface area contributed by atoms with Crippen LogP contribution in [0.5, 0.6) is 0 Å². The van der Waals surface area contributed by atoms with Crippen LogP contribution in [0.4, 0.5) is 5.69 Å². The molecule has 1 fully saturated rings. The summed E-state index contributed by atoms with van der Waals surface area (Å²) in [5.74, 6) is 0. The van der Waals surface area contributed by atoms with Crippen LogP contribution in [0.1, 0.15) is 0 Å². The van der Waals surface area contributed by atoms with Crippen molar-refractivity contribution in [3.8, 4) is 0 Å². The van der Waals surface area contributed by atoms with Gasteiger partial charge in [0.2, 0.25) is 0 Å². The Morgan fingerprint density at radius 3 is 2.81 bits per heavy atom. The molecule has 0 radical (unpaired) electrons. The van der Waals surface area contributed by atoms with E-state index in [0.717, 1.165) is 30.7 Å². The van der Waals surface area contributed by atoms with Gasteiger partial charge in [-0.25, -0.2) is 0 Å². The minimum atomic E-state index is 0.459. The summed E-state index contributed by atoms with van der Waals surface area (Å²) in [4.78, 5) is 4.74. The van der Waals surface area contributed by atoms with Crippen molar-refractivity contribution in [2.75, 3.05) is 38.1 Å². The maximum atomic E-state index is 5.79. The number of hydrogen-bond acceptors (Lipinski definition) is 3. The molecule has 1 saturated heterocycles. The number of benzene rings is 1. The highest BCUT2D eigenvalue weighted by atomic mass is 79.9. The van der Waals surface area contributed by atoms with E-state index >= 15 is 0 Å². The predicted octanol–water partition coefficient (Wildman–Crippen LogP) is 1.53. The fourth-order valence-corrected chi connectivity index (χ4v) is 2.66. The first kappa shape index (κ1) is 11.9. The Morgan fingerprint density at radius 1 is 1.38 bits per heavy atom. The Balaban J connectivity index is 2.14. The highest BCUT2D eigenvalue weighted by molar-refractivity contribution is 9.10. The van der Waals surface area contributed by atoms with E-state index in [-0.39, 0.29) is 0 Å². The molecule has 0 aromatic heterocycles. The minimum absolute atomic E-state index is 0.459. The molecule has 0 bridgehead atoms. The smallest absolute Gasteiger partial charge is 0.0511 e. The quantitative estimate of drug-likeness (QED) is 0.894. The van der Waals surface area contributed by atoms with Crippen molar-refractivity contribution in [3.05, 3.63) is 28.7 Å². The van der Waals surface area contributed by atoms with Gasteiger partial charge in [-0.3, -0.25) is 4.90 Å². The lowest BCUT2D eigenvalue weighted by atomic mass is 10.1. The van der Waals surface area contributed by atoms with Gasteiger partial charge in [0.05, 0.1) is 5.69 Å². The average Bonchev–Trinajstić information content (AvgIpc) is 2.31. The van der Waals surface area contributed by atoms with E-state index in [1.807, 2.05) is 6.07 Å². The second-order valence-electron chi connectivity index (χ2n) is 4.27. The molecule has 2 N–H and O–H groups in total. The average molecular weight is 284 g/mol. The topological polar surface area (TPSA) is 32.5 Å². The van der Waals surface area contributed by atoms with Gasteiger partial charge in [-0.1, -0.05) is 12.1 Å². The molecule has 88 valence electrons. The molecule has 1 atom stereocenters. The Kier molecular flexibility index (Phi) is 3.84. The van der Waals surface area contributed by atoms with Crippen LogP contribution in [-0.2, 0) is 0 Å². The van der Waals surface area contributed by atoms with Crippen LogP contribution >= 0.6 is 15.9 Å². The molecule has 0 aliphatic carbocycles. The van der Waals surface area contributed by atoms with Crippen molar-refractivity contribution in [2.45, 2.75) is 6.04 Å². The van der Waals surface area contributed by atoms with Crippen LogP contribution in [-0.4, -0.2) is 44.2 Å². The first-order chi connectivity index (χ1) is 7.72. The number of para-hydroxylation sites is 1. The fourth-order valence-electron chi connectivity index (χ4n) is 2.13. The number of halogens is 1. The van der Waals surface area contributed by atoms with E-state index in [1.54, 1.807) is 0 Å². The van der Waals surface area contributed by atoms with E-state index in [1.165, 1.54) is 5.69 Å². The Labute approximate surface area is 105 Å². The second kappa shape index (κ2) is 5.17. The summed E-state index contributed by atoms with van der Waals surface area (Å²) < 4.78 is 1.16. The second-order valence-corrected chi connectivity index (χ2v) is 5.12. The summed E-state index contributed by atoms with van der Waals surface area (Å²) in [7, 11) is 2.15. The van der Waals surface area contributed by atoms with Gasteiger partial charge in [0, 0.05) is 36.7 Å². The molecular formula is C12H18BrN3.